The summed E-state index contributed by atoms with van der Waals surface area (Å²) in [5.41, 5.74) is 3.77. The first-order chi connectivity index (χ1) is 11.0. The van der Waals surface area contributed by atoms with Gasteiger partial charge in [-0.2, -0.15) is 5.10 Å². The van der Waals surface area contributed by atoms with E-state index in [2.05, 4.69) is 10.4 Å². The average molecular weight is 313 g/mol. The van der Waals surface area contributed by atoms with Gasteiger partial charge in [0.1, 0.15) is 0 Å². The molecule has 0 aliphatic heterocycles. The van der Waals surface area contributed by atoms with E-state index in [4.69, 9.17) is 5.11 Å². The Morgan fingerprint density at radius 2 is 1.96 bits per heavy atom. The Morgan fingerprint density at radius 1 is 1.26 bits per heavy atom. The Kier molecular flexibility index (Phi) is 3.90. The third-order valence-corrected chi connectivity index (χ3v) is 4.33. The average Bonchev–Trinajstić information content (AvgIpc) is 3.29. The number of carbonyl (C=O) groups is 2. The maximum Gasteiger partial charge on any atom is 0.307 e. The molecule has 1 aliphatic rings. The molecule has 1 amide bonds. The number of benzene rings is 1. The number of hydrogen-bond donors (Lipinski definition) is 2. The predicted octanol–water partition coefficient (Wildman–Crippen LogP) is 1.83. The van der Waals surface area contributed by atoms with Gasteiger partial charge in [0, 0.05) is 17.8 Å². The number of rotatable bonds is 5. The summed E-state index contributed by atoms with van der Waals surface area (Å²) in [5.74, 6) is -2.00. The van der Waals surface area contributed by atoms with Gasteiger partial charge in [0.25, 0.3) is 0 Å². The molecular weight excluding hydrogens is 294 g/mol. The van der Waals surface area contributed by atoms with Crippen molar-refractivity contribution in [3.8, 4) is 5.69 Å². The van der Waals surface area contributed by atoms with Crippen LogP contribution in [0.1, 0.15) is 23.4 Å². The normalized spacial score (nSPS) is 19.4. The van der Waals surface area contributed by atoms with Gasteiger partial charge in [0.05, 0.1) is 23.2 Å². The van der Waals surface area contributed by atoms with E-state index in [1.165, 1.54) is 0 Å². The van der Waals surface area contributed by atoms with Crippen molar-refractivity contribution in [1.29, 1.82) is 0 Å². The fourth-order valence-electron chi connectivity index (χ4n) is 2.82. The SMILES string of the molecule is Cc1nn(-c2ccccc2)c(C)c1CNC(=O)[C@@H]1C[C@@H]1C(=O)O. The third-order valence-electron chi connectivity index (χ3n) is 4.33. The van der Waals surface area contributed by atoms with Crippen LogP contribution in [-0.2, 0) is 16.1 Å². The standard InChI is InChI=1S/C17H19N3O3/c1-10-15(9-18-16(21)13-8-14(13)17(22)23)11(2)20(19-10)12-6-4-3-5-7-12/h3-7,13-14H,8-9H2,1-2H3,(H,18,21)(H,22,23)/t13-,14+/m1/s1. The summed E-state index contributed by atoms with van der Waals surface area (Å²) in [6.45, 7) is 4.24. The van der Waals surface area contributed by atoms with Crippen molar-refractivity contribution in [3.63, 3.8) is 0 Å². The van der Waals surface area contributed by atoms with E-state index in [1.807, 2.05) is 48.9 Å². The van der Waals surface area contributed by atoms with E-state index in [0.29, 0.717) is 13.0 Å². The molecule has 6 heteroatoms. The zero-order valence-corrected chi connectivity index (χ0v) is 13.1. The lowest BCUT2D eigenvalue weighted by molar-refractivity contribution is -0.140. The van der Waals surface area contributed by atoms with Gasteiger partial charge in [0.2, 0.25) is 5.91 Å². The summed E-state index contributed by atoms with van der Waals surface area (Å²) in [7, 11) is 0. The van der Waals surface area contributed by atoms with Gasteiger partial charge >= 0.3 is 5.97 Å². The molecule has 3 rings (SSSR count). The molecule has 2 atom stereocenters. The highest BCUT2D eigenvalue weighted by molar-refractivity contribution is 5.89. The molecule has 2 N–H and O–H groups in total. The number of para-hydroxylation sites is 1. The Balaban J connectivity index is 1.71. The molecule has 0 saturated heterocycles. The van der Waals surface area contributed by atoms with Crippen molar-refractivity contribution in [1.82, 2.24) is 15.1 Å². The second-order valence-corrected chi connectivity index (χ2v) is 5.90. The Bertz CT molecular complexity index is 752. The molecule has 1 aromatic heterocycles. The highest BCUT2D eigenvalue weighted by atomic mass is 16.4. The summed E-state index contributed by atoms with van der Waals surface area (Å²) in [5, 5.41) is 16.3. The van der Waals surface area contributed by atoms with Crippen molar-refractivity contribution < 1.29 is 14.7 Å². The highest BCUT2D eigenvalue weighted by Gasteiger charge is 2.48. The number of hydrogen-bond acceptors (Lipinski definition) is 3. The number of carboxylic acid groups (broad SMARTS) is 1. The van der Waals surface area contributed by atoms with Gasteiger partial charge < -0.3 is 10.4 Å². The first kappa shape index (κ1) is 15.3. The minimum absolute atomic E-state index is 0.191. The van der Waals surface area contributed by atoms with Gasteiger partial charge in [-0.05, 0) is 32.4 Å². The van der Waals surface area contributed by atoms with E-state index >= 15 is 0 Å². The van der Waals surface area contributed by atoms with E-state index in [-0.39, 0.29) is 5.91 Å². The first-order valence-corrected chi connectivity index (χ1v) is 7.60. The van der Waals surface area contributed by atoms with E-state index in [0.717, 1.165) is 22.6 Å². The predicted molar refractivity (Wildman–Crippen MR) is 84.1 cm³/mol. The van der Waals surface area contributed by atoms with Crippen LogP contribution in [0.5, 0.6) is 0 Å². The number of amides is 1. The molecule has 0 radical (unpaired) electrons. The molecule has 0 spiro atoms. The van der Waals surface area contributed by atoms with Crippen LogP contribution >= 0.6 is 0 Å². The number of aromatic nitrogens is 2. The van der Waals surface area contributed by atoms with Crippen molar-refractivity contribution in [2.24, 2.45) is 11.8 Å². The van der Waals surface area contributed by atoms with Crippen molar-refractivity contribution >= 4 is 11.9 Å². The first-order valence-electron chi connectivity index (χ1n) is 7.60. The maximum atomic E-state index is 12.0. The maximum absolute atomic E-state index is 12.0. The van der Waals surface area contributed by atoms with Crippen molar-refractivity contribution in [2.45, 2.75) is 26.8 Å². The fourth-order valence-corrected chi connectivity index (χ4v) is 2.82. The molecule has 120 valence electrons. The number of carbonyl (C=O) groups excluding carboxylic acids is 1. The molecule has 2 aromatic rings. The molecule has 1 aromatic carbocycles. The second-order valence-electron chi connectivity index (χ2n) is 5.90. The topological polar surface area (TPSA) is 84.2 Å². The number of carboxylic acids is 1. The van der Waals surface area contributed by atoms with Gasteiger partial charge in [-0.1, -0.05) is 18.2 Å². The van der Waals surface area contributed by atoms with E-state index in [9.17, 15) is 9.59 Å². The fraction of sp³-hybridized carbons (Fsp3) is 0.353. The molecule has 6 nitrogen and oxygen atoms in total. The molecule has 0 bridgehead atoms. The van der Waals surface area contributed by atoms with Crippen molar-refractivity contribution in [2.75, 3.05) is 0 Å². The van der Waals surface area contributed by atoms with Crippen LogP contribution in [-0.4, -0.2) is 26.8 Å². The minimum atomic E-state index is -0.894. The second kappa shape index (κ2) is 5.87. The lowest BCUT2D eigenvalue weighted by Crippen LogP contribution is -2.26. The monoisotopic (exact) mass is 313 g/mol. The summed E-state index contributed by atoms with van der Waals surface area (Å²) >= 11 is 0. The number of nitrogens with zero attached hydrogens (tertiary/aromatic N) is 2. The van der Waals surface area contributed by atoms with E-state index < -0.39 is 17.8 Å². The number of aryl methyl sites for hydroxylation is 1. The third kappa shape index (κ3) is 2.97. The molecule has 1 heterocycles. The summed E-state index contributed by atoms with van der Waals surface area (Å²) < 4.78 is 1.86. The van der Waals surface area contributed by atoms with Gasteiger partial charge in [-0.3, -0.25) is 9.59 Å². The lowest BCUT2D eigenvalue weighted by Gasteiger charge is -2.07. The summed E-state index contributed by atoms with van der Waals surface area (Å²) in [6, 6.07) is 9.80. The van der Waals surface area contributed by atoms with Crippen LogP contribution in [0, 0.1) is 25.7 Å². The zero-order valence-electron chi connectivity index (χ0n) is 13.1. The van der Waals surface area contributed by atoms with Crippen LogP contribution in [0.15, 0.2) is 30.3 Å². The number of aliphatic carboxylic acids is 1. The molecule has 23 heavy (non-hydrogen) atoms. The Labute approximate surface area is 134 Å². The van der Waals surface area contributed by atoms with Crippen molar-refractivity contribution in [3.05, 3.63) is 47.3 Å². The molecule has 1 saturated carbocycles. The minimum Gasteiger partial charge on any atom is -0.481 e. The van der Waals surface area contributed by atoms with Gasteiger partial charge in [0.15, 0.2) is 0 Å². The zero-order chi connectivity index (χ0) is 16.6. The van der Waals surface area contributed by atoms with Gasteiger partial charge in [-0.25, -0.2) is 4.68 Å². The van der Waals surface area contributed by atoms with Gasteiger partial charge in [-0.15, -0.1) is 0 Å². The molecule has 0 unspecified atom stereocenters. The van der Waals surface area contributed by atoms with Crippen LogP contribution in [0.25, 0.3) is 5.69 Å². The Hall–Kier alpha value is -2.63. The van der Waals surface area contributed by atoms with Crippen LogP contribution in [0.3, 0.4) is 0 Å². The summed E-state index contributed by atoms with van der Waals surface area (Å²) in [6.07, 6.45) is 0.433. The van der Waals surface area contributed by atoms with Crippen LogP contribution in [0.2, 0.25) is 0 Å². The molecule has 1 fully saturated rings. The lowest BCUT2D eigenvalue weighted by atomic mass is 10.2. The van der Waals surface area contributed by atoms with Crippen LogP contribution in [0.4, 0.5) is 0 Å². The largest absolute Gasteiger partial charge is 0.481 e. The van der Waals surface area contributed by atoms with E-state index in [1.54, 1.807) is 0 Å². The molecule has 1 aliphatic carbocycles. The Morgan fingerprint density at radius 3 is 2.57 bits per heavy atom. The highest BCUT2D eigenvalue weighted by Crippen LogP contribution is 2.38. The molecular formula is C17H19N3O3. The quantitative estimate of drug-likeness (QED) is 0.882. The smallest absolute Gasteiger partial charge is 0.307 e. The summed E-state index contributed by atoms with van der Waals surface area (Å²) in [4.78, 5) is 22.8. The van der Waals surface area contributed by atoms with Crippen LogP contribution < -0.4 is 5.32 Å². The number of nitrogens with one attached hydrogen (secondary N) is 1.